The number of imidazole rings is 1. The SMILES string of the molecule is CCCOc1ccnc(-c2ccnc(Nc3ccc4[nH]c(C(=O)N5CCN(C)CC5)cc4c3)n2)c1.CN1CCN(C(=O)c2cc3cc(Nc4nccc(-c5cc(OCC6(C)CC6)ccn5)n4)ccc3[nH]2)CC1.CN1CCN(C(=O)c2cc3cc(Nc4nccc(-c5cc(OCc6nccn6C)ccn5)n4)ccc3[nH]2)CC1. The molecule has 29 nitrogen and oxygen atoms in total. The van der Waals surface area contributed by atoms with E-state index in [-0.39, 0.29) is 17.7 Å². The summed E-state index contributed by atoms with van der Waals surface area (Å²) in [5, 5.41) is 12.7. The third-order valence-electron chi connectivity index (χ3n) is 20.1. The van der Waals surface area contributed by atoms with Gasteiger partial charge in [0, 0.05) is 209 Å². The number of hydrogen-bond acceptors (Lipinski definition) is 22. The molecule has 1 saturated carbocycles. The third-order valence-corrected chi connectivity index (χ3v) is 20.1. The van der Waals surface area contributed by atoms with Gasteiger partial charge in [-0.25, -0.2) is 34.9 Å². The molecule has 4 aliphatic rings. The number of aromatic nitrogens is 14. The van der Waals surface area contributed by atoms with Gasteiger partial charge >= 0.3 is 0 Å². The van der Waals surface area contributed by atoms with Crippen molar-refractivity contribution in [1.29, 1.82) is 0 Å². The van der Waals surface area contributed by atoms with Crippen molar-refractivity contribution in [3.8, 4) is 51.4 Å². The molecule has 568 valence electrons. The quantitative estimate of drug-likeness (QED) is 0.0389. The fraction of sp³-hybridized carbons (Fsp3) is 0.305. The summed E-state index contributed by atoms with van der Waals surface area (Å²) in [4.78, 5) is 106. The number of likely N-dealkylation sites (N-methyl/N-ethyl adjacent to an activating group) is 3. The number of nitrogens with one attached hydrogen (secondary N) is 6. The van der Waals surface area contributed by atoms with Gasteiger partial charge in [0.2, 0.25) is 17.8 Å². The number of carbonyl (C=O) groups is 3. The number of nitrogens with zero attached hydrogens (tertiary/aromatic N) is 17. The van der Waals surface area contributed by atoms with E-state index >= 15 is 0 Å². The van der Waals surface area contributed by atoms with Crippen molar-refractivity contribution in [2.45, 2.75) is 39.7 Å². The first kappa shape index (κ1) is 73.8. The fourth-order valence-electron chi connectivity index (χ4n) is 13.0. The zero-order valence-corrected chi connectivity index (χ0v) is 63.0. The zero-order valence-electron chi connectivity index (χ0n) is 63.0. The molecule has 111 heavy (non-hydrogen) atoms. The minimum atomic E-state index is 0.0310. The van der Waals surface area contributed by atoms with Gasteiger partial charge in [-0.1, -0.05) is 13.8 Å². The Kier molecular flexibility index (Phi) is 22.2. The van der Waals surface area contributed by atoms with Crippen molar-refractivity contribution in [3.63, 3.8) is 0 Å². The Balaban J connectivity index is 0.000000132. The lowest BCUT2D eigenvalue weighted by Gasteiger charge is -2.32. The number of aromatic amines is 3. The zero-order chi connectivity index (χ0) is 76.4. The van der Waals surface area contributed by atoms with Gasteiger partial charge in [0.1, 0.15) is 46.8 Å². The second-order valence-corrected chi connectivity index (χ2v) is 28.7. The smallest absolute Gasteiger partial charge is 0.270 e. The van der Waals surface area contributed by atoms with Crippen molar-refractivity contribution < 1.29 is 28.6 Å². The Bertz CT molecular complexity index is 5440. The lowest BCUT2D eigenvalue weighted by molar-refractivity contribution is 0.0652. The number of anilines is 6. The molecule has 0 unspecified atom stereocenters. The molecule has 0 spiro atoms. The number of hydrogen-bond donors (Lipinski definition) is 6. The van der Waals surface area contributed by atoms with Crippen molar-refractivity contribution in [3.05, 3.63) is 200 Å². The van der Waals surface area contributed by atoms with E-state index in [0.29, 0.717) is 82.1 Å². The number of pyridine rings is 3. The summed E-state index contributed by atoms with van der Waals surface area (Å²) in [6, 6.07) is 40.0. The van der Waals surface area contributed by atoms with Gasteiger partial charge in [-0.2, -0.15) is 0 Å². The van der Waals surface area contributed by atoms with Gasteiger partial charge in [0.25, 0.3) is 17.7 Å². The van der Waals surface area contributed by atoms with E-state index in [1.807, 2.05) is 160 Å². The predicted molar refractivity (Wildman–Crippen MR) is 427 cm³/mol. The average Bonchev–Trinajstić information content (AvgIpc) is 1.77. The molecule has 0 radical (unpaired) electrons. The van der Waals surface area contributed by atoms with Crippen LogP contribution in [0.1, 0.15) is 70.4 Å². The highest BCUT2D eigenvalue weighted by atomic mass is 16.5. The first-order valence-electron chi connectivity index (χ1n) is 37.4. The van der Waals surface area contributed by atoms with E-state index in [1.165, 1.54) is 12.8 Å². The fourth-order valence-corrected chi connectivity index (χ4v) is 13.0. The van der Waals surface area contributed by atoms with Crippen molar-refractivity contribution >= 4 is 85.3 Å². The van der Waals surface area contributed by atoms with Crippen LogP contribution in [-0.2, 0) is 13.7 Å². The molecule has 4 fully saturated rings. The second kappa shape index (κ2) is 33.4. The highest BCUT2D eigenvalue weighted by molar-refractivity contribution is 6.01. The molecule has 3 saturated heterocycles. The molecule has 3 aromatic carbocycles. The largest absolute Gasteiger partial charge is 0.493 e. The van der Waals surface area contributed by atoms with E-state index in [1.54, 1.807) is 43.4 Å². The number of piperazine rings is 3. The topological polar surface area (TPSA) is 316 Å². The summed E-state index contributed by atoms with van der Waals surface area (Å²) in [5.74, 6) is 4.56. The lowest BCUT2D eigenvalue weighted by atomic mass is 10.2. The number of fused-ring (bicyclic) bond motifs is 3. The molecular weight excluding hydrogens is 1400 g/mol. The highest BCUT2D eigenvalue weighted by Crippen LogP contribution is 2.45. The summed E-state index contributed by atoms with van der Waals surface area (Å²) in [6.45, 7) is 15.8. The molecule has 1 aliphatic carbocycles. The van der Waals surface area contributed by atoms with Gasteiger partial charge in [-0.3, -0.25) is 29.3 Å². The number of carbonyl (C=O) groups excluding carboxylic acids is 3. The van der Waals surface area contributed by atoms with Crippen LogP contribution in [0.15, 0.2) is 177 Å². The van der Waals surface area contributed by atoms with Gasteiger partial charge in [0.15, 0.2) is 0 Å². The number of H-pyrrole nitrogens is 3. The number of ether oxygens (including phenoxy) is 3. The molecule has 3 amide bonds. The maximum atomic E-state index is 13.0. The number of rotatable bonds is 21. The van der Waals surface area contributed by atoms with E-state index in [2.05, 4.69) is 130 Å². The normalized spacial score (nSPS) is 15.1. The van der Waals surface area contributed by atoms with Crippen LogP contribution in [0.3, 0.4) is 0 Å². The van der Waals surface area contributed by atoms with Crippen LogP contribution in [-0.4, -0.2) is 229 Å². The van der Waals surface area contributed by atoms with Crippen LogP contribution in [0.4, 0.5) is 34.9 Å². The molecule has 0 bridgehead atoms. The number of aryl methyl sites for hydroxylation is 1. The van der Waals surface area contributed by atoms with Crippen LogP contribution < -0.4 is 30.2 Å². The Morgan fingerprint density at radius 3 is 1.12 bits per heavy atom. The molecule has 17 rings (SSSR count). The minimum Gasteiger partial charge on any atom is -0.493 e. The number of amides is 3. The van der Waals surface area contributed by atoms with Gasteiger partial charge < -0.3 is 79.1 Å². The number of benzene rings is 3. The van der Waals surface area contributed by atoms with E-state index in [4.69, 9.17) is 14.2 Å². The van der Waals surface area contributed by atoms with Crippen molar-refractivity contribution in [1.82, 2.24) is 98.8 Å². The summed E-state index contributed by atoms with van der Waals surface area (Å²) in [5.41, 5.74) is 11.6. The monoisotopic (exact) mass is 1490 g/mol. The maximum absolute atomic E-state index is 13.0. The van der Waals surface area contributed by atoms with E-state index in [9.17, 15) is 14.4 Å². The Morgan fingerprint density at radius 1 is 0.405 bits per heavy atom. The molecule has 10 aromatic heterocycles. The molecule has 3 aliphatic heterocycles. The second-order valence-electron chi connectivity index (χ2n) is 28.7. The third kappa shape index (κ3) is 18.5. The summed E-state index contributed by atoms with van der Waals surface area (Å²) in [7, 11) is 8.16. The maximum Gasteiger partial charge on any atom is 0.270 e. The van der Waals surface area contributed by atoms with Crippen LogP contribution >= 0.6 is 0 Å². The van der Waals surface area contributed by atoms with Crippen molar-refractivity contribution in [2.24, 2.45) is 12.5 Å². The highest BCUT2D eigenvalue weighted by Gasteiger charge is 2.38. The minimum absolute atomic E-state index is 0.0310. The van der Waals surface area contributed by atoms with E-state index < -0.39 is 0 Å². The average molecular weight is 1490 g/mol. The Morgan fingerprint density at radius 2 is 0.766 bits per heavy atom. The van der Waals surface area contributed by atoms with Gasteiger partial charge in [-0.05, 0) is 150 Å². The molecule has 0 atom stereocenters. The van der Waals surface area contributed by atoms with Gasteiger partial charge in [0.05, 0.1) is 47.4 Å². The molecule has 13 heterocycles. The van der Waals surface area contributed by atoms with Crippen LogP contribution in [0, 0.1) is 5.41 Å². The summed E-state index contributed by atoms with van der Waals surface area (Å²) < 4.78 is 19.5. The molecule has 6 N–H and O–H groups in total. The van der Waals surface area contributed by atoms with Crippen molar-refractivity contribution in [2.75, 3.05) is 129 Å². The first-order valence-corrected chi connectivity index (χ1v) is 37.4. The summed E-state index contributed by atoms with van der Waals surface area (Å²) in [6.07, 6.45) is 17.3. The standard InChI is InChI=1S/C28H29N9O2.C28H31N7O2.C26H29N7O2/c1-35-11-13-37(14-12-35)27(38)25-16-19-15-20(3-4-22(19)33-25)32-28-31-8-6-23(34-28)24-17-21(5-7-29-24)39-18-26-30-9-10-36(26)2;1-28(7-8-28)18-37-21-5-9-29-24(17-21)23-6-10-30-27(33-23)31-20-3-4-22-19(15-20)16-25(32-22)26(36)35-13-11-34(2)12-14-35;1-3-14-35-20-6-8-27-23(17-20)22-7-9-28-26(31-22)29-19-4-5-21-18(15-19)16-24(30-21)25(34)33-12-10-32(2)11-13-33/h3-10,15-17,33H,11-14,18H2,1-2H3,(H,31,32,34);3-6,9-10,15-17,32H,7-8,11-14,18H2,1-2H3,(H,30,31,33);4-9,15-17,30H,3,10-14H2,1-2H3,(H,28,29,31). The Hall–Kier alpha value is -12.7. The summed E-state index contributed by atoms with van der Waals surface area (Å²) >= 11 is 0. The van der Waals surface area contributed by atoms with E-state index in [0.717, 1.165) is 170 Å². The lowest BCUT2D eigenvalue weighted by Crippen LogP contribution is -2.47. The van der Waals surface area contributed by atoms with Crippen LogP contribution in [0.2, 0.25) is 0 Å². The first-order chi connectivity index (χ1) is 54.0. The molecule has 13 aromatic rings. The van der Waals surface area contributed by atoms with Crippen LogP contribution in [0.25, 0.3) is 66.9 Å². The van der Waals surface area contributed by atoms with Crippen LogP contribution in [0.5, 0.6) is 17.2 Å². The molecule has 29 heteroatoms. The molecular formula is C82H89N23O6. The predicted octanol–water partition coefficient (Wildman–Crippen LogP) is 11.7. The Labute approximate surface area is 641 Å². The van der Waals surface area contributed by atoms with Gasteiger partial charge in [-0.15, -0.1) is 0 Å².